The van der Waals surface area contributed by atoms with Gasteiger partial charge in [0, 0.05) is 31.8 Å². The molecule has 1 aromatic heterocycles. The molecule has 4 heteroatoms. The number of benzene rings is 1. The predicted octanol–water partition coefficient (Wildman–Crippen LogP) is 3.17. The summed E-state index contributed by atoms with van der Waals surface area (Å²) in [4.78, 5) is 6.58. The Morgan fingerprint density at radius 2 is 1.68 bits per heavy atom. The fraction of sp³-hybridized carbons (Fsp3) is 0.500. The van der Waals surface area contributed by atoms with Crippen molar-refractivity contribution in [3.05, 3.63) is 42.6 Å². The Bertz CT molecular complexity index is 407. The normalized spacial score (nSPS) is 9.73. The van der Waals surface area contributed by atoms with Crippen LogP contribution < -0.4 is 5.73 Å². The highest BCUT2D eigenvalue weighted by Gasteiger charge is 1.96. The molecule has 0 saturated carbocycles. The second-order valence-electron chi connectivity index (χ2n) is 4.57. The van der Waals surface area contributed by atoms with Gasteiger partial charge in [0.2, 0.25) is 0 Å². The maximum absolute atomic E-state index is 4.95. The van der Waals surface area contributed by atoms with E-state index >= 15 is 0 Å². The third-order valence-corrected chi connectivity index (χ3v) is 3.23. The molecule has 4 nitrogen and oxygen atoms in total. The van der Waals surface area contributed by atoms with Crippen LogP contribution in [0.3, 0.4) is 0 Å². The van der Waals surface area contributed by atoms with Crippen LogP contribution in [-0.4, -0.2) is 50.3 Å². The molecular weight excluding hydrogens is 274 g/mol. The molecule has 1 aromatic carbocycles. The van der Waals surface area contributed by atoms with E-state index in [1.165, 1.54) is 19.0 Å². The van der Waals surface area contributed by atoms with E-state index in [1.807, 2.05) is 30.5 Å². The van der Waals surface area contributed by atoms with Gasteiger partial charge in [-0.05, 0) is 38.7 Å². The topological polar surface area (TPSA) is 51.4 Å². The van der Waals surface area contributed by atoms with E-state index in [1.54, 1.807) is 7.11 Å². The van der Waals surface area contributed by atoms with Gasteiger partial charge < -0.3 is 15.4 Å². The zero-order chi connectivity index (χ0) is 16.6. The summed E-state index contributed by atoms with van der Waals surface area (Å²) in [6.07, 6.45) is 2.96. The van der Waals surface area contributed by atoms with E-state index in [2.05, 4.69) is 41.6 Å². The first-order valence-electron chi connectivity index (χ1n) is 7.90. The van der Waals surface area contributed by atoms with Crippen LogP contribution in [0, 0.1) is 0 Å². The molecule has 2 rings (SSSR count). The molecule has 0 radical (unpaired) electrons. The summed E-state index contributed by atoms with van der Waals surface area (Å²) in [5, 5.41) is 1.20. The largest absolute Gasteiger partial charge is 0.385 e. The van der Waals surface area contributed by atoms with E-state index in [4.69, 9.17) is 4.74 Å². The first-order chi connectivity index (χ1) is 10.8. The van der Waals surface area contributed by atoms with Crippen molar-refractivity contribution in [1.82, 2.24) is 9.88 Å². The van der Waals surface area contributed by atoms with Gasteiger partial charge in [-0.3, -0.25) is 4.98 Å². The van der Waals surface area contributed by atoms with E-state index in [-0.39, 0.29) is 0 Å². The molecule has 124 valence electrons. The Morgan fingerprint density at radius 3 is 2.27 bits per heavy atom. The molecule has 0 aliphatic rings. The molecule has 2 aromatic rings. The van der Waals surface area contributed by atoms with Gasteiger partial charge in [-0.1, -0.05) is 38.1 Å². The van der Waals surface area contributed by atoms with Crippen LogP contribution in [0.1, 0.15) is 20.3 Å². The number of hydrogen-bond acceptors (Lipinski definition) is 4. The van der Waals surface area contributed by atoms with E-state index in [0.29, 0.717) is 0 Å². The number of rotatable bonds is 6. The summed E-state index contributed by atoms with van der Waals surface area (Å²) in [6, 6.07) is 12.1. The van der Waals surface area contributed by atoms with Gasteiger partial charge in [0.1, 0.15) is 0 Å². The average molecular weight is 305 g/mol. The molecule has 0 aliphatic carbocycles. The Hall–Kier alpha value is -1.49. The van der Waals surface area contributed by atoms with Crippen LogP contribution in [0.4, 0.5) is 0 Å². The highest BCUT2D eigenvalue weighted by atomic mass is 16.5. The molecule has 0 spiro atoms. The summed E-state index contributed by atoms with van der Waals surface area (Å²) < 4.78 is 4.95. The summed E-state index contributed by atoms with van der Waals surface area (Å²) in [6.45, 7) is 8.74. The molecule has 0 aliphatic heterocycles. The van der Waals surface area contributed by atoms with Crippen molar-refractivity contribution in [2.24, 2.45) is 5.73 Å². The van der Waals surface area contributed by atoms with Crippen LogP contribution in [0.5, 0.6) is 0 Å². The van der Waals surface area contributed by atoms with Crippen LogP contribution in [0.15, 0.2) is 42.6 Å². The van der Waals surface area contributed by atoms with Crippen LogP contribution in [0.25, 0.3) is 10.9 Å². The van der Waals surface area contributed by atoms with Gasteiger partial charge in [0.15, 0.2) is 0 Å². The first-order valence-corrected chi connectivity index (χ1v) is 7.90. The average Bonchev–Trinajstić information content (AvgIpc) is 2.61. The molecule has 0 bridgehead atoms. The number of nitrogens with two attached hydrogens (primary N) is 1. The summed E-state index contributed by atoms with van der Waals surface area (Å²) in [5.41, 5.74) is 5.56. The summed E-state index contributed by atoms with van der Waals surface area (Å²) >= 11 is 0. The Balaban J connectivity index is 0.000000360. The lowest BCUT2D eigenvalue weighted by Crippen LogP contribution is -2.24. The Kier molecular flexibility index (Phi) is 13.5. The quantitative estimate of drug-likeness (QED) is 0.833. The second kappa shape index (κ2) is 14.4. The number of ether oxygens (including phenoxy) is 1. The zero-order valence-electron chi connectivity index (χ0n) is 14.5. The minimum atomic E-state index is 0.885. The van der Waals surface area contributed by atoms with Gasteiger partial charge in [-0.15, -0.1) is 0 Å². The molecule has 0 fully saturated rings. The van der Waals surface area contributed by atoms with Crippen molar-refractivity contribution in [2.45, 2.75) is 20.3 Å². The summed E-state index contributed by atoms with van der Waals surface area (Å²) in [7, 11) is 3.25. The van der Waals surface area contributed by atoms with Crippen LogP contribution >= 0.6 is 0 Å². The van der Waals surface area contributed by atoms with Gasteiger partial charge in [-0.2, -0.15) is 0 Å². The maximum Gasteiger partial charge on any atom is 0.0701 e. The number of methoxy groups -OCH3 is 1. The molecular formula is C18H31N3O. The molecule has 0 saturated heterocycles. The van der Waals surface area contributed by atoms with Crippen molar-refractivity contribution in [2.75, 3.05) is 40.4 Å². The van der Waals surface area contributed by atoms with E-state index < -0.39 is 0 Å². The van der Waals surface area contributed by atoms with E-state index in [9.17, 15) is 0 Å². The fourth-order valence-electron chi connectivity index (χ4n) is 1.99. The number of pyridine rings is 1. The lowest BCUT2D eigenvalue weighted by Gasteiger charge is -2.16. The SMILES string of the molecule is CCN(CC)CCCOC.CN.c1ccc2ncccc2c1. The second-order valence-corrected chi connectivity index (χ2v) is 4.57. The molecule has 22 heavy (non-hydrogen) atoms. The van der Waals surface area contributed by atoms with Crippen LogP contribution in [0.2, 0.25) is 0 Å². The lowest BCUT2D eigenvalue weighted by atomic mass is 10.2. The highest BCUT2D eigenvalue weighted by Crippen LogP contribution is 2.07. The van der Waals surface area contributed by atoms with Crippen molar-refractivity contribution in [3.8, 4) is 0 Å². The number of fused-ring (bicyclic) bond motifs is 1. The monoisotopic (exact) mass is 305 g/mol. The molecule has 2 N–H and O–H groups in total. The zero-order valence-corrected chi connectivity index (χ0v) is 14.5. The first kappa shape index (κ1) is 20.5. The van der Waals surface area contributed by atoms with Crippen molar-refractivity contribution in [3.63, 3.8) is 0 Å². The Labute approximate surface area is 135 Å². The number of hydrogen-bond donors (Lipinski definition) is 1. The standard InChI is InChI=1S/C9H7N.C8H19NO.CH5N/c1-2-6-9-8(4-1)5-3-7-10-9;1-4-9(5-2)7-6-8-10-3;1-2/h1-7H;4-8H2,1-3H3;2H2,1H3. The fourth-order valence-corrected chi connectivity index (χ4v) is 1.99. The molecule has 0 amide bonds. The van der Waals surface area contributed by atoms with Gasteiger partial charge >= 0.3 is 0 Å². The lowest BCUT2D eigenvalue weighted by molar-refractivity contribution is 0.175. The minimum absolute atomic E-state index is 0.885. The summed E-state index contributed by atoms with van der Waals surface area (Å²) in [5.74, 6) is 0. The maximum atomic E-state index is 4.95. The van der Waals surface area contributed by atoms with Gasteiger partial charge in [0.25, 0.3) is 0 Å². The highest BCUT2D eigenvalue weighted by molar-refractivity contribution is 5.77. The number of aromatic nitrogens is 1. The van der Waals surface area contributed by atoms with Gasteiger partial charge in [-0.25, -0.2) is 0 Å². The third kappa shape index (κ3) is 8.72. The van der Waals surface area contributed by atoms with Crippen LogP contribution in [-0.2, 0) is 4.74 Å². The third-order valence-electron chi connectivity index (χ3n) is 3.23. The smallest absolute Gasteiger partial charge is 0.0701 e. The van der Waals surface area contributed by atoms with Crippen molar-refractivity contribution in [1.29, 1.82) is 0 Å². The van der Waals surface area contributed by atoms with Crippen molar-refractivity contribution >= 4 is 10.9 Å². The number of nitrogens with zero attached hydrogens (tertiary/aromatic N) is 2. The molecule has 0 atom stereocenters. The van der Waals surface area contributed by atoms with E-state index in [0.717, 1.165) is 31.6 Å². The number of para-hydroxylation sites is 1. The van der Waals surface area contributed by atoms with Gasteiger partial charge in [0.05, 0.1) is 5.52 Å². The Morgan fingerprint density at radius 1 is 1.05 bits per heavy atom. The predicted molar refractivity (Wildman–Crippen MR) is 96.1 cm³/mol. The molecule has 1 heterocycles. The van der Waals surface area contributed by atoms with Crippen molar-refractivity contribution < 1.29 is 4.74 Å². The molecule has 0 unspecified atom stereocenters. The minimum Gasteiger partial charge on any atom is -0.385 e.